The Bertz CT molecular complexity index is 624. The molecule has 3 N–H and O–H groups in total. The third-order valence-electron chi connectivity index (χ3n) is 2.91. The molecule has 2 aromatic carbocycles. The van der Waals surface area contributed by atoms with Crippen molar-refractivity contribution in [2.45, 2.75) is 13.5 Å². The van der Waals surface area contributed by atoms with E-state index >= 15 is 0 Å². The number of anilines is 2. The summed E-state index contributed by atoms with van der Waals surface area (Å²) < 4.78 is 6.18. The molecule has 0 bridgehead atoms. The number of nitrogen functional groups attached to an aromatic ring is 1. The van der Waals surface area contributed by atoms with Gasteiger partial charge in [-0.2, -0.15) is 0 Å². The van der Waals surface area contributed by atoms with Crippen molar-refractivity contribution in [2.24, 2.45) is 0 Å². The van der Waals surface area contributed by atoms with Gasteiger partial charge >= 0.3 is 0 Å². The zero-order valence-electron chi connectivity index (χ0n) is 11.7. The van der Waals surface area contributed by atoms with Gasteiger partial charge in [0.1, 0.15) is 0 Å². The minimum absolute atomic E-state index is 0.202. The van der Waals surface area contributed by atoms with Crippen LogP contribution in [0.25, 0.3) is 0 Å². The van der Waals surface area contributed by atoms with Crippen molar-refractivity contribution in [3.05, 3.63) is 58.1 Å². The van der Waals surface area contributed by atoms with Crippen molar-refractivity contribution >= 4 is 33.2 Å². The Morgan fingerprint density at radius 2 is 2.05 bits per heavy atom. The van der Waals surface area contributed by atoms with Gasteiger partial charge in [0.2, 0.25) is 0 Å². The molecule has 2 aromatic rings. The Morgan fingerprint density at radius 1 is 1.29 bits per heavy atom. The average molecular weight is 349 g/mol. The molecule has 0 saturated carbocycles. The monoisotopic (exact) mass is 348 g/mol. The van der Waals surface area contributed by atoms with Gasteiger partial charge in [0.25, 0.3) is 5.91 Å². The summed E-state index contributed by atoms with van der Waals surface area (Å²) in [6, 6.07) is 12.7. The molecule has 0 unspecified atom stereocenters. The number of rotatable bonds is 5. The van der Waals surface area contributed by atoms with Gasteiger partial charge in [0.15, 0.2) is 0 Å². The largest absolute Gasteiger partial charge is 0.399 e. The molecule has 0 aliphatic carbocycles. The highest BCUT2D eigenvalue weighted by atomic mass is 79.9. The lowest BCUT2D eigenvalue weighted by Gasteiger charge is -2.11. The summed E-state index contributed by atoms with van der Waals surface area (Å²) in [5, 5.41) is 2.89. The minimum atomic E-state index is -0.202. The fraction of sp³-hybridized carbons (Fsp3) is 0.188. The SMILES string of the molecule is CCOCc1ccccc1NC(=O)c1cc(N)cc(Br)c1. The molecular formula is C16H17BrN2O2. The van der Waals surface area contributed by atoms with Crippen LogP contribution in [-0.2, 0) is 11.3 Å². The Morgan fingerprint density at radius 3 is 2.76 bits per heavy atom. The summed E-state index contributed by atoms with van der Waals surface area (Å²) in [6.45, 7) is 3.03. The third kappa shape index (κ3) is 4.31. The number of amides is 1. The predicted octanol–water partition coefficient (Wildman–Crippen LogP) is 3.82. The summed E-state index contributed by atoms with van der Waals surface area (Å²) in [7, 11) is 0. The molecule has 1 amide bonds. The van der Waals surface area contributed by atoms with Gasteiger partial charge in [0, 0.05) is 33.6 Å². The highest BCUT2D eigenvalue weighted by molar-refractivity contribution is 9.10. The maximum absolute atomic E-state index is 12.3. The van der Waals surface area contributed by atoms with E-state index in [0.29, 0.717) is 24.5 Å². The Labute approximate surface area is 132 Å². The first-order valence-corrected chi connectivity index (χ1v) is 7.42. The summed E-state index contributed by atoms with van der Waals surface area (Å²) in [5.74, 6) is -0.202. The van der Waals surface area contributed by atoms with Gasteiger partial charge in [-0.25, -0.2) is 0 Å². The van der Waals surface area contributed by atoms with E-state index in [9.17, 15) is 4.79 Å². The van der Waals surface area contributed by atoms with E-state index in [-0.39, 0.29) is 5.91 Å². The first kappa shape index (κ1) is 15.5. The minimum Gasteiger partial charge on any atom is -0.399 e. The van der Waals surface area contributed by atoms with Crippen LogP contribution in [0.15, 0.2) is 46.9 Å². The molecule has 4 nitrogen and oxygen atoms in total. The highest BCUT2D eigenvalue weighted by Gasteiger charge is 2.10. The Balaban J connectivity index is 2.19. The van der Waals surface area contributed by atoms with E-state index < -0.39 is 0 Å². The van der Waals surface area contributed by atoms with Crippen molar-refractivity contribution in [3.63, 3.8) is 0 Å². The maximum atomic E-state index is 12.3. The lowest BCUT2D eigenvalue weighted by atomic mass is 10.1. The van der Waals surface area contributed by atoms with E-state index in [2.05, 4.69) is 21.2 Å². The lowest BCUT2D eigenvalue weighted by molar-refractivity contribution is 0.102. The fourth-order valence-electron chi connectivity index (χ4n) is 1.92. The lowest BCUT2D eigenvalue weighted by Crippen LogP contribution is -2.14. The quantitative estimate of drug-likeness (QED) is 0.807. The topological polar surface area (TPSA) is 64.3 Å². The molecule has 0 spiro atoms. The van der Waals surface area contributed by atoms with Crippen LogP contribution >= 0.6 is 15.9 Å². The number of carbonyl (C=O) groups excluding carboxylic acids is 1. The van der Waals surface area contributed by atoms with Crippen LogP contribution in [0.3, 0.4) is 0 Å². The van der Waals surface area contributed by atoms with Crippen LogP contribution in [0.5, 0.6) is 0 Å². The van der Waals surface area contributed by atoms with Crippen LogP contribution < -0.4 is 11.1 Å². The molecule has 0 aromatic heterocycles. The molecule has 0 atom stereocenters. The second-order valence-electron chi connectivity index (χ2n) is 4.52. The van der Waals surface area contributed by atoms with E-state index in [1.165, 1.54) is 0 Å². The molecule has 0 fully saturated rings. The first-order chi connectivity index (χ1) is 10.1. The number of nitrogens with two attached hydrogens (primary N) is 1. The van der Waals surface area contributed by atoms with Crippen molar-refractivity contribution in [3.8, 4) is 0 Å². The number of nitrogens with one attached hydrogen (secondary N) is 1. The van der Waals surface area contributed by atoms with Gasteiger partial charge in [-0.3, -0.25) is 4.79 Å². The summed E-state index contributed by atoms with van der Waals surface area (Å²) in [6.07, 6.45) is 0. The van der Waals surface area contributed by atoms with Crippen LogP contribution in [0, 0.1) is 0 Å². The van der Waals surface area contributed by atoms with Gasteiger partial charge in [-0.05, 0) is 31.2 Å². The molecule has 0 heterocycles. The van der Waals surface area contributed by atoms with Crippen LogP contribution in [0.2, 0.25) is 0 Å². The zero-order valence-corrected chi connectivity index (χ0v) is 13.3. The van der Waals surface area contributed by atoms with Crippen molar-refractivity contribution in [2.75, 3.05) is 17.7 Å². The van der Waals surface area contributed by atoms with E-state index in [1.807, 2.05) is 31.2 Å². The molecule has 2 rings (SSSR count). The van der Waals surface area contributed by atoms with Gasteiger partial charge in [-0.15, -0.1) is 0 Å². The van der Waals surface area contributed by atoms with Gasteiger partial charge < -0.3 is 15.8 Å². The summed E-state index contributed by atoms with van der Waals surface area (Å²) >= 11 is 3.34. The summed E-state index contributed by atoms with van der Waals surface area (Å²) in [4.78, 5) is 12.3. The molecule has 0 saturated heterocycles. The summed E-state index contributed by atoms with van der Waals surface area (Å²) in [5.41, 5.74) is 8.49. The van der Waals surface area contributed by atoms with E-state index in [0.717, 1.165) is 15.7 Å². The molecule has 21 heavy (non-hydrogen) atoms. The van der Waals surface area contributed by atoms with E-state index in [4.69, 9.17) is 10.5 Å². The Hall–Kier alpha value is -1.85. The first-order valence-electron chi connectivity index (χ1n) is 6.63. The zero-order chi connectivity index (χ0) is 15.2. The number of ether oxygens (including phenoxy) is 1. The third-order valence-corrected chi connectivity index (χ3v) is 3.37. The van der Waals surface area contributed by atoms with Gasteiger partial charge in [0.05, 0.1) is 6.61 Å². The highest BCUT2D eigenvalue weighted by Crippen LogP contribution is 2.20. The Kier molecular flexibility index (Phi) is 5.36. The van der Waals surface area contributed by atoms with Crippen LogP contribution in [0.1, 0.15) is 22.8 Å². The molecule has 5 heteroatoms. The number of para-hydroxylation sites is 1. The number of hydrogen-bond donors (Lipinski definition) is 2. The molecule has 0 aliphatic heterocycles. The number of benzene rings is 2. The van der Waals surface area contributed by atoms with Crippen molar-refractivity contribution in [1.29, 1.82) is 0 Å². The molecular weight excluding hydrogens is 332 g/mol. The number of halogens is 1. The second-order valence-corrected chi connectivity index (χ2v) is 5.44. The fourth-order valence-corrected chi connectivity index (χ4v) is 2.43. The van der Waals surface area contributed by atoms with Gasteiger partial charge in [-0.1, -0.05) is 34.1 Å². The molecule has 110 valence electrons. The van der Waals surface area contributed by atoms with Crippen molar-refractivity contribution in [1.82, 2.24) is 0 Å². The van der Waals surface area contributed by atoms with Crippen LogP contribution in [0.4, 0.5) is 11.4 Å². The normalized spacial score (nSPS) is 10.4. The molecule has 0 aliphatic rings. The standard InChI is InChI=1S/C16H17BrN2O2/c1-2-21-10-11-5-3-4-6-15(11)19-16(20)12-7-13(17)9-14(18)8-12/h3-9H,2,10,18H2,1H3,(H,19,20). The maximum Gasteiger partial charge on any atom is 0.255 e. The van der Waals surface area contributed by atoms with Crippen LogP contribution in [-0.4, -0.2) is 12.5 Å². The smallest absolute Gasteiger partial charge is 0.255 e. The predicted molar refractivity (Wildman–Crippen MR) is 88.3 cm³/mol. The number of carbonyl (C=O) groups is 1. The number of hydrogen-bond acceptors (Lipinski definition) is 3. The molecule has 0 radical (unpaired) electrons. The van der Waals surface area contributed by atoms with E-state index in [1.54, 1.807) is 18.2 Å². The van der Waals surface area contributed by atoms with Crippen molar-refractivity contribution < 1.29 is 9.53 Å². The average Bonchev–Trinajstić information content (AvgIpc) is 2.45. The second kappa shape index (κ2) is 7.24.